The first-order valence-electron chi connectivity index (χ1n) is 9.61. The second kappa shape index (κ2) is 6.88. The van der Waals surface area contributed by atoms with Crippen molar-refractivity contribution in [2.45, 2.75) is 38.2 Å². The molecular weight excluding hydrogens is 326 g/mol. The van der Waals surface area contributed by atoms with Gasteiger partial charge in [0.25, 0.3) is 5.56 Å². The fraction of sp³-hybridized carbons (Fsp3) is 0.524. The molecule has 2 aliphatic rings. The van der Waals surface area contributed by atoms with Gasteiger partial charge in [-0.2, -0.15) is 5.10 Å². The molecule has 5 heteroatoms. The zero-order chi connectivity index (χ0) is 18.1. The quantitative estimate of drug-likeness (QED) is 0.898. The van der Waals surface area contributed by atoms with Crippen LogP contribution in [-0.2, 0) is 7.05 Å². The first-order valence-corrected chi connectivity index (χ1v) is 9.61. The van der Waals surface area contributed by atoms with Crippen molar-refractivity contribution >= 4 is 0 Å². The number of nitrogens with zero attached hydrogens (tertiary/aromatic N) is 2. The van der Waals surface area contributed by atoms with Crippen LogP contribution in [0.3, 0.4) is 0 Å². The van der Waals surface area contributed by atoms with E-state index in [1.54, 1.807) is 19.2 Å². The Morgan fingerprint density at radius 3 is 2.31 bits per heavy atom. The van der Waals surface area contributed by atoms with Crippen LogP contribution in [0.5, 0.6) is 5.75 Å². The Balaban J connectivity index is 1.54. The molecule has 2 heterocycles. The number of hydrogen-bond acceptors (Lipinski definition) is 4. The molecule has 1 aromatic carbocycles. The zero-order valence-corrected chi connectivity index (χ0v) is 15.6. The molecule has 1 aromatic heterocycles. The Hall–Kier alpha value is -2.14. The highest BCUT2D eigenvalue weighted by molar-refractivity contribution is 5.59. The number of aromatic nitrogens is 2. The number of rotatable bonds is 5. The van der Waals surface area contributed by atoms with Gasteiger partial charge >= 0.3 is 0 Å². The van der Waals surface area contributed by atoms with Gasteiger partial charge in [-0.05, 0) is 81.9 Å². The van der Waals surface area contributed by atoms with E-state index in [2.05, 4.69) is 17.3 Å². The molecule has 1 unspecified atom stereocenters. The summed E-state index contributed by atoms with van der Waals surface area (Å²) in [7, 11) is 1.67. The number of aryl methyl sites for hydroxylation is 1. The van der Waals surface area contributed by atoms with Gasteiger partial charge in [0.05, 0.1) is 5.69 Å². The number of benzene rings is 1. The molecule has 5 nitrogen and oxygen atoms in total. The van der Waals surface area contributed by atoms with Crippen molar-refractivity contribution in [3.63, 3.8) is 0 Å². The molecule has 0 radical (unpaired) electrons. The molecular formula is C21H27N3O2. The van der Waals surface area contributed by atoms with Gasteiger partial charge in [0.15, 0.2) is 0 Å². The van der Waals surface area contributed by atoms with Crippen molar-refractivity contribution in [3.8, 4) is 17.0 Å². The summed E-state index contributed by atoms with van der Waals surface area (Å²) < 4.78 is 7.96. The normalized spacial score (nSPS) is 20.5. The van der Waals surface area contributed by atoms with Crippen LogP contribution >= 0.6 is 0 Å². The Labute approximate surface area is 154 Å². The molecule has 138 valence electrons. The van der Waals surface area contributed by atoms with E-state index in [1.165, 1.54) is 30.4 Å². The summed E-state index contributed by atoms with van der Waals surface area (Å²) >= 11 is 0. The number of hydrogen-bond donors (Lipinski definition) is 1. The van der Waals surface area contributed by atoms with Gasteiger partial charge in [0, 0.05) is 24.6 Å². The van der Waals surface area contributed by atoms with Crippen molar-refractivity contribution < 1.29 is 4.74 Å². The average molecular weight is 353 g/mol. The predicted molar refractivity (Wildman–Crippen MR) is 102 cm³/mol. The number of piperidine rings is 1. The largest absolute Gasteiger partial charge is 0.487 e. The molecule has 2 fully saturated rings. The van der Waals surface area contributed by atoms with Crippen LogP contribution < -0.4 is 15.6 Å². The molecule has 1 saturated carbocycles. The summed E-state index contributed by atoms with van der Waals surface area (Å²) in [6, 6.07) is 11.4. The number of nitrogens with one attached hydrogen (secondary N) is 1. The van der Waals surface area contributed by atoms with E-state index in [-0.39, 0.29) is 11.2 Å². The van der Waals surface area contributed by atoms with Crippen LogP contribution in [0.2, 0.25) is 0 Å². The highest BCUT2D eigenvalue weighted by Gasteiger charge is 2.49. The standard InChI is InChI=1S/C21H27N3O2/c1-21(16-5-6-16,17-11-13-22-14-12-17)26-18-7-3-15(4-8-18)19-9-10-20(25)24(2)23-19/h3-4,7-10,16-17,22H,5-6,11-14H2,1-2H3. The first-order chi connectivity index (χ1) is 12.6. The minimum atomic E-state index is -0.101. The molecule has 26 heavy (non-hydrogen) atoms. The SMILES string of the molecule is Cn1nc(-c2ccc(OC(C)(C3CCNCC3)C3CC3)cc2)ccc1=O. The third-order valence-electron chi connectivity index (χ3n) is 5.99. The van der Waals surface area contributed by atoms with Crippen LogP contribution in [0.1, 0.15) is 32.6 Å². The lowest BCUT2D eigenvalue weighted by Gasteiger charge is -2.41. The second-order valence-electron chi connectivity index (χ2n) is 7.79. The van der Waals surface area contributed by atoms with E-state index in [1.807, 2.05) is 24.3 Å². The zero-order valence-electron chi connectivity index (χ0n) is 15.6. The van der Waals surface area contributed by atoms with Gasteiger partial charge in [0.1, 0.15) is 11.4 Å². The molecule has 0 bridgehead atoms. The van der Waals surface area contributed by atoms with Gasteiger partial charge in [-0.25, -0.2) is 4.68 Å². The van der Waals surface area contributed by atoms with E-state index in [0.29, 0.717) is 11.8 Å². The molecule has 1 saturated heterocycles. The molecule has 1 aliphatic heterocycles. The lowest BCUT2D eigenvalue weighted by atomic mass is 9.78. The third-order valence-corrected chi connectivity index (χ3v) is 5.99. The molecule has 0 amide bonds. The minimum absolute atomic E-state index is 0.0709. The van der Waals surface area contributed by atoms with Crippen LogP contribution in [-0.4, -0.2) is 28.5 Å². The summed E-state index contributed by atoms with van der Waals surface area (Å²) in [6.45, 7) is 4.49. The topological polar surface area (TPSA) is 56.1 Å². The van der Waals surface area contributed by atoms with Crippen molar-refractivity contribution in [1.82, 2.24) is 15.1 Å². The molecule has 1 N–H and O–H groups in total. The van der Waals surface area contributed by atoms with Crippen molar-refractivity contribution in [1.29, 1.82) is 0 Å². The van der Waals surface area contributed by atoms with Crippen LogP contribution in [0.15, 0.2) is 41.2 Å². The Morgan fingerprint density at radius 2 is 1.69 bits per heavy atom. The summed E-state index contributed by atoms with van der Waals surface area (Å²) in [5.74, 6) is 2.21. The highest BCUT2D eigenvalue weighted by Crippen LogP contribution is 2.48. The van der Waals surface area contributed by atoms with Crippen LogP contribution in [0.4, 0.5) is 0 Å². The maximum atomic E-state index is 11.5. The maximum absolute atomic E-state index is 11.5. The summed E-state index contributed by atoms with van der Waals surface area (Å²) in [4.78, 5) is 11.5. The van der Waals surface area contributed by atoms with Crippen LogP contribution in [0.25, 0.3) is 11.3 Å². The monoisotopic (exact) mass is 353 g/mol. The first kappa shape index (κ1) is 17.3. The Morgan fingerprint density at radius 1 is 1.04 bits per heavy atom. The van der Waals surface area contributed by atoms with E-state index >= 15 is 0 Å². The van der Waals surface area contributed by atoms with Gasteiger partial charge in [-0.15, -0.1) is 0 Å². The third kappa shape index (κ3) is 3.40. The fourth-order valence-electron chi connectivity index (χ4n) is 4.16. The van der Waals surface area contributed by atoms with E-state index in [9.17, 15) is 4.79 Å². The van der Waals surface area contributed by atoms with Gasteiger partial charge < -0.3 is 10.1 Å². The smallest absolute Gasteiger partial charge is 0.266 e. The Kier molecular flexibility index (Phi) is 4.57. The van der Waals surface area contributed by atoms with Gasteiger partial charge in [-0.1, -0.05) is 0 Å². The molecule has 1 atom stereocenters. The molecule has 0 spiro atoms. The van der Waals surface area contributed by atoms with Crippen molar-refractivity contribution in [2.75, 3.05) is 13.1 Å². The molecule has 1 aliphatic carbocycles. The summed E-state index contributed by atoms with van der Waals surface area (Å²) in [5.41, 5.74) is 1.61. The lowest BCUT2D eigenvalue weighted by Crippen LogP contribution is -2.47. The van der Waals surface area contributed by atoms with Crippen molar-refractivity contribution in [2.24, 2.45) is 18.9 Å². The summed E-state index contributed by atoms with van der Waals surface area (Å²) in [5, 5.41) is 7.77. The highest BCUT2D eigenvalue weighted by atomic mass is 16.5. The number of ether oxygens (including phenoxy) is 1. The lowest BCUT2D eigenvalue weighted by molar-refractivity contribution is -0.00878. The fourth-order valence-corrected chi connectivity index (χ4v) is 4.16. The van der Waals surface area contributed by atoms with Gasteiger partial charge in [0.2, 0.25) is 0 Å². The minimum Gasteiger partial charge on any atom is -0.487 e. The summed E-state index contributed by atoms with van der Waals surface area (Å²) in [6.07, 6.45) is 4.93. The predicted octanol–water partition coefficient (Wildman–Crippen LogP) is 2.99. The molecule has 2 aromatic rings. The van der Waals surface area contributed by atoms with Crippen molar-refractivity contribution in [3.05, 3.63) is 46.8 Å². The van der Waals surface area contributed by atoms with E-state index in [0.717, 1.165) is 30.1 Å². The van der Waals surface area contributed by atoms with E-state index < -0.39 is 0 Å². The van der Waals surface area contributed by atoms with Crippen LogP contribution in [0, 0.1) is 11.8 Å². The van der Waals surface area contributed by atoms with Gasteiger partial charge in [-0.3, -0.25) is 4.79 Å². The Bertz CT molecular complexity index is 820. The maximum Gasteiger partial charge on any atom is 0.266 e. The molecule has 4 rings (SSSR count). The average Bonchev–Trinajstić information content (AvgIpc) is 3.51. The second-order valence-corrected chi connectivity index (χ2v) is 7.79. The van der Waals surface area contributed by atoms with E-state index in [4.69, 9.17) is 4.74 Å².